The molecule has 1 heterocycles. The first-order chi connectivity index (χ1) is 14.5. The maximum absolute atomic E-state index is 12.5. The second kappa shape index (κ2) is 8.39. The molecule has 1 N–H and O–H groups in total. The summed E-state index contributed by atoms with van der Waals surface area (Å²) in [5, 5.41) is 3.35. The smallest absolute Gasteiger partial charge is 0.242 e. The minimum Gasteiger partial charge on any atom is -0.309 e. The molecule has 0 radical (unpaired) electrons. The van der Waals surface area contributed by atoms with Crippen LogP contribution in [0.15, 0.2) is 84.0 Å². The molecule has 6 nitrogen and oxygen atoms in total. The molecule has 3 aromatic carbocycles. The molecular formula is C23H24N4O2S. The summed E-state index contributed by atoms with van der Waals surface area (Å²) in [7, 11) is -0.374. The zero-order valence-corrected chi connectivity index (χ0v) is 17.8. The Hall–Kier alpha value is -3.00. The molecule has 0 spiro atoms. The summed E-state index contributed by atoms with van der Waals surface area (Å²) in [5.74, 6) is 0. The molecule has 0 unspecified atom stereocenters. The van der Waals surface area contributed by atoms with Crippen LogP contribution in [0.2, 0.25) is 0 Å². The van der Waals surface area contributed by atoms with Gasteiger partial charge in [-0.2, -0.15) is 0 Å². The van der Waals surface area contributed by atoms with Gasteiger partial charge in [0, 0.05) is 32.9 Å². The number of sulfonamides is 1. The molecule has 4 aromatic rings. The lowest BCUT2D eigenvalue weighted by molar-refractivity contribution is 0.518. The van der Waals surface area contributed by atoms with E-state index in [4.69, 9.17) is 0 Å². The van der Waals surface area contributed by atoms with Crippen molar-refractivity contribution >= 4 is 21.1 Å². The van der Waals surface area contributed by atoms with Gasteiger partial charge in [-0.1, -0.05) is 42.5 Å². The summed E-state index contributed by atoms with van der Waals surface area (Å²) in [6.45, 7) is 1.11. The number of nitrogens with one attached hydrogen (secondary N) is 1. The van der Waals surface area contributed by atoms with E-state index in [0.717, 1.165) is 27.8 Å². The predicted octanol–water partition coefficient (Wildman–Crippen LogP) is 3.57. The van der Waals surface area contributed by atoms with E-state index in [9.17, 15) is 8.42 Å². The van der Waals surface area contributed by atoms with E-state index in [2.05, 4.69) is 45.2 Å². The average Bonchev–Trinajstić information content (AvgIpc) is 3.19. The molecule has 0 aliphatic carbocycles. The van der Waals surface area contributed by atoms with Crippen LogP contribution < -0.4 is 5.32 Å². The molecular weight excluding hydrogens is 396 g/mol. The van der Waals surface area contributed by atoms with E-state index >= 15 is 0 Å². The topological polar surface area (TPSA) is 67.2 Å². The molecule has 1 aromatic heterocycles. The van der Waals surface area contributed by atoms with Crippen LogP contribution >= 0.6 is 0 Å². The van der Waals surface area contributed by atoms with E-state index in [0.29, 0.717) is 18.0 Å². The quantitative estimate of drug-likeness (QED) is 0.496. The fourth-order valence-corrected chi connectivity index (χ4v) is 4.49. The number of fused-ring (bicyclic) bond motifs is 1. The van der Waals surface area contributed by atoms with E-state index in [1.54, 1.807) is 26.2 Å². The molecule has 30 heavy (non-hydrogen) atoms. The maximum atomic E-state index is 12.5. The first-order valence-corrected chi connectivity index (χ1v) is 11.1. The minimum atomic E-state index is -3.47. The number of rotatable bonds is 7. The van der Waals surface area contributed by atoms with Crippen LogP contribution in [0.5, 0.6) is 0 Å². The Kier molecular flexibility index (Phi) is 5.67. The van der Waals surface area contributed by atoms with Gasteiger partial charge in [-0.15, -0.1) is 0 Å². The molecule has 7 heteroatoms. The molecule has 0 fully saturated rings. The Morgan fingerprint density at radius 1 is 0.900 bits per heavy atom. The van der Waals surface area contributed by atoms with Gasteiger partial charge in [0.1, 0.15) is 6.33 Å². The molecule has 4 rings (SSSR count). The van der Waals surface area contributed by atoms with Crippen LogP contribution in [0.1, 0.15) is 11.1 Å². The van der Waals surface area contributed by atoms with Crippen LogP contribution in [0.3, 0.4) is 0 Å². The second-order valence-corrected chi connectivity index (χ2v) is 9.39. The van der Waals surface area contributed by atoms with Crippen molar-refractivity contribution in [3.05, 3.63) is 90.3 Å². The van der Waals surface area contributed by atoms with Gasteiger partial charge in [-0.05, 0) is 41.5 Å². The molecule has 0 aliphatic rings. The summed E-state index contributed by atoms with van der Waals surface area (Å²) in [4.78, 5) is 4.78. The Labute approximate surface area is 176 Å². The highest BCUT2D eigenvalue weighted by Gasteiger charge is 2.20. The normalized spacial score (nSPS) is 12.0. The van der Waals surface area contributed by atoms with Crippen molar-refractivity contribution in [3.8, 4) is 5.69 Å². The van der Waals surface area contributed by atoms with Gasteiger partial charge >= 0.3 is 0 Å². The number of para-hydroxylation sites is 2. The predicted molar refractivity (Wildman–Crippen MR) is 119 cm³/mol. The lowest BCUT2D eigenvalue weighted by Gasteiger charge is -2.15. The summed E-state index contributed by atoms with van der Waals surface area (Å²) in [6, 6.07) is 23.4. The number of hydrogen-bond donors (Lipinski definition) is 1. The van der Waals surface area contributed by atoms with E-state index < -0.39 is 10.0 Å². The van der Waals surface area contributed by atoms with Crippen molar-refractivity contribution in [1.29, 1.82) is 0 Å². The standard InChI is InChI=1S/C23H24N4O2S/c1-26(2)30(28,29)23-10-6-3-7-19(23)16-24-15-18-11-13-20(14-12-18)27-17-25-21-8-4-5-9-22(21)27/h3-14,17,24H,15-16H2,1-2H3. The highest BCUT2D eigenvalue weighted by molar-refractivity contribution is 7.89. The fourth-order valence-electron chi connectivity index (χ4n) is 3.38. The zero-order valence-electron chi connectivity index (χ0n) is 17.0. The largest absolute Gasteiger partial charge is 0.309 e. The Morgan fingerprint density at radius 3 is 2.37 bits per heavy atom. The van der Waals surface area contributed by atoms with Crippen LogP contribution in [0.4, 0.5) is 0 Å². The zero-order chi connectivity index (χ0) is 21.1. The first-order valence-electron chi connectivity index (χ1n) is 9.69. The van der Waals surface area contributed by atoms with Gasteiger partial charge in [-0.3, -0.25) is 4.57 Å². The highest BCUT2D eigenvalue weighted by Crippen LogP contribution is 2.20. The van der Waals surface area contributed by atoms with Crippen molar-refractivity contribution < 1.29 is 8.42 Å². The molecule has 0 aliphatic heterocycles. The summed E-state index contributed by atoms with van der Waals surface area (Å²) in [5.41, 5.74) is 4.97. The number of benzene rings is 3. The molecule has 0 amide bonds. The van der Waals surface area contributed by atoms with Gasteiger partial charge < -0.3 is 5.32 Å². The van der Waals surface area contributed by atoms with Gasteiger partial charge in [0.15, 0.2) is 0 Å². The average molecular weight is 421 g/mol. The number of aromatic nitrogens is 2. The highest BCUT2D eigenvalue weighted by atomic mass is 32.2. The summed E-state index contributed by atoms with van der Waals surface area (Å²) in [6.07, 6.45) is 1.83. The summed E-state index contributed by atoms with van der Waals surface area (Å²) >= 11 is 0. The molecule has 0 bridgehead atoms. The van der Waals surface area contributed by atoms with Crippen LogP contribution in [0.25, 0.3) is 16.7 Å². The van der Waals surface area contributed by atoms with Gasteiger partial charge in [0.25, 0.3) is 0 Å². The monoisotopic (exact) mass is 420 g/mol. The van der Waals surface area contributed by atoms with E-state index in [-0.39, 0.29) is 0 Å². The van der Waals surface area contributed by atoms with Crippen LogP contribution in [-0.4, -0.2) is 36.4 Å². The van der Waals surface area contributed by atoms with Gasteiger partial charge in [0.2, 0.25) is 10.0 Å². The Morgan fingerprint density at radius 2 is 1.60 bits per heavy atom. The fraction of sp³-hybridized carbons (Fsp3) is 0.174. The Balaban J connectivity index is 1.45. The molecule has 0 saturated carbocycles. The van der Waals surface area contributed by atoms with Gasteiger partial charge in [0.05, 0.1) is 15.9 Å². The SMILES string of the molecule is CN(C)S(=O)(=O)c1ccccc1CNCc1ccc(-n2cnc3ccccc32)cc1. The van der Waals surface area contributed by atoms with Crippen molar-refractivity contribution in [3.63, 3.8) is 0 Å². The van der Waals surface area contributed by atoms with Crippen molar-refractivity contribution in [2.45, 2.75) is 18.0 Å². The second-order valence-electron chi connectivity index (χ2n) is 7.27. The molecule has 0 atom stereocenters. The molecule has 154 valence electrons. The third-order valence-electron chi connectivity index (χ3n) is 5.04. The van der Waals surface area contributed by atoms with E-state index in [1.807, 2.05) is 36.7 Å². The van der Waals surface area contributed by atoms with Crippen LogP contribution in [-0.2, 0) is 23.1 Å². The van der Waals surface area contributed by atoms with Crippen LogP contribution in [0, 0.1) is 0 Å². The lowest BCUT2D eigenvalue weighted by Crippen LogP contribution is -2.24. The number of nitrogens with zero attached hydrogens (tertiary/aromatic N) is 3. The molecule has 0 saturated heterocycles. The van der Waals surface area contributed by atoms with Crippen molar-refractivity contribution in [2.75, 3.05) is 14.1 Å². The third kappa shape index (κ3) is 4.00. The minimum absolute atomic E-state index is 0.338. The van der Waals surface area contributed by atoms with Crippen molar-refractivity contribution in [2.24, 2.45) is 0 Å². The van der Waals surface area contributed by atoms with Crippen molar-refractivity contribution in [1.82, 2.24) is 19.2 Å². The maximum Gasteiger partial charge on any atom is 0.242 e. The summed E-state index contributed by atoms with van der Waals surface area (Å²) < 4.78 is 28.3. The number of imidazole rings is 1. The Bertz CT molecular complexity index is 1260. The first kappa shape index (κ1) is 20.3. The lowest BCUT2D eigenvalue weighted by atomic mass is 10.2. The number of hydrogen-bond acceptors (Lipinski definition) is 4. The third-order valence-corrected chi connectivity index (χ3v) is 6.96. The van der Waals surface area contributed by atoms with Gasteiger partial charge in [-0.25, -0.2) is 17.7 Å². The van der Waals surface area contributed by atoms with E-state index in [1.165, 1.54) is 4.31 Å².